The lowest BCUT2D eigenvalue weighted by molar-refractivity contribution is 0.101. The zero-order chi connectivity index (χ0) is 19.5. The van der Waals surface area contributed by atoms with Crippen molar-refractivity contribution >= 4 is 17.9 Å². The molecule has 0 unspecified atom stereocenters. The first-order chi connectivity index (χ1) is 13.6. The molecule has 0 amide bonds. The van der Waals surface area contributed by atoms with Gasteiger partial charge in [-0.15, -0.1) is 0 Å². The lowest BCUT2D eigenvalue weighted by Gasteiger charge is -2.07. The van der Waals surface area contributed by atoms with Crippen molar-refractivity contribution in [3.63, 3.8) is 0 Å². The third-order valence-electron chi connectivity index (χ3n) is 4.74. The van der Waals surface area contributed by atoms with Crippen LogP contribution in [0.2, 0.25) is 0 Å². The molecule has 3 heteroatoms. The summed E-state index contributed by atoms with van der Waals surface area (Å²) in [4.78, 5) is 12.6. The Bertz CT molecular complexity index is 1080. The zero-order valence-electron chi connectivity index (χ0n) is 15.6. The van der Waals surface area contributed by atoms with Gasteiger partial charge in [-0.1, -0.05) is 61.2 Å². The highest BCUT2D eigenvalue weighted by atomic mass is 16.5. The lowest BCUT2D eigenvalue weighted by Crippen LogP contribution is -1.98. The summed E-state index contributed by atoms with van der Waals surface area (Å²) in [5.74, 6) is 1.42. The molecule has 0 N–H and O–H groups in total. The average Bonchev–Trinajstić information content (AvgIpc) is 3.03. The van der Waals surface area contributed by atoms with Gasteiger partial charge in [0.1, 0.15) is 18.1 Å². The standard InChI is InChI=1S/C25H20O3/c1-3-18-8-10-19(11-9-18)16-27-21-12-13-22-23(15-21)28-24(25(22)26)14-20-7-5-4-6-17(20)2/h3-15H,1,16H2,2H3. The molecule has 0 saturated carbocycles. The minimum absolute atomic E-state index is 0.107. The van der Waals surface area contributed by atoms with Gasteiger partial charge in [-0.25, -0.2) is 0 Å². The van der Waals surface area contributed by atoms with Crippen molar-refractivity contribution in [3.05, 3.63) is 107 Å². The number of carbonyl (C=O) groups is 1. The van der Waals surface area contributed by atoms with Crippen molar-refractivity contribution in [2.75, 3.05) is 0 Å². The second-order valence-electron chi connectivity index (χ2n) is 6.69. The molecule has 1 aliphatic rings. The van der Waals surface area contributed by atoms with Crippen molar-refractivity contribution in [3.8, 4) is 11.5 Å². The van der Waals surface area contributed by atoms with Gasteiger partial charge in [-0.2, -0.15) is 0 Å². The van der Waals surface area contributed by atoms with E-state index in [0.717, 1.165) is 22.3 Å². The molecule has 3 aromatic rings. The summed E-state index contributed by atoms with van der Waals surface area (Å²) >= 11 is 0. The zero-order valence-corrected chi connectivity index (χ0v) is 15.6. The molecule has 1 aliphatic heterocycles. The summed E-state index contributed by atoms with van der Waals surface area (Å²) in [6.07, 6.45) is 3.60. The maximum absolute atomic E-state index is 12.6. The number of carbonyl (C=O) groups excluding carboxylic acids is 1. The number of aryl methyl sites for hydroxylation is 1. The van der Waals surface area contributed by atoms with Crippen molar-refractivity contribution in [1.82, 2.24) is 0 Å². The van der Waals surface area contributed by atoms with Gasteiger partial charge >= 0.3 is 0 Å². The number of allylic oxidation sites excluding steroid dienone is 1. The number of rotatable bonds is 5. The Morgan fingerprint density at radius 1 is 1.04 bits per heavy atom. The number of hydrogen-bond donors (Lipinski definition) is 0. The second kappa shape index (κ2) is 7.57. The lowest BCUT2D eigenvalue weighted by atomic mass is 10.1. The fourth-order valence-corrected chi connectivity index (χ4v) is 3.06. The van der Waals surface area contributed by atoms with Gasteiger partial charge in [0.05, 0.1) is 5.56 Å². The Balaban J connectivity index is 1.50. The molecule has 0 bridgehead atoms. The predicted molar refractivity (Wildman–Crippen MR) is 111 cm³/mol. The highest BCUT2D eigenvalue weighted by molar-refractivity contribution is 6.14. The van der Waals surface area contributed by atoms with E-state index in [1.54, 1.807) is 24.3 Å². The van der Waals surface area contributed by atoms with Crippen LogP contribution >= 0.6 is 0 Å². The van der Waals surface area contributed by atoms with Gasteiger partial charge in [0, 0.05) is 6.07 Å². The molecule has 0 spiro atoms. The van der Waals surface area contributed by atoms with Gasteiger partial charge in [0.15, 0.2) is 5.76 Å². The normalized spacial score (nSPS) is 13.9. The van der Waals surface area contributed by atoms with Crippen LogP contribution in [0.25, 0.3) is 12.2 Å². The highest BCUT2D eigenvalue weighted by Gasteiger charge is 2.27. The van der Waals surface area contributed by atoms with Crippen LogP contribution in [-0.4, -0.2) is 5.78 Å². The predicted octanol–water partition coefficient (Wildman–Crippen LogP) is 5.83. The van der Waals surface area contributed by atoms with Crippen molar-refractivity contribution < 1.29 is 14.3 Å². The van der Waals surface area contributed by atoms with Crippen LogP contribution < -0.4 is 9.47 Å². The van der Waals surface area contributed by atoms with E-state index in [1.807, 2.05) is 61.5 Å². The molecule has 4 rings (SSSR count). The number of fused-ring (bicyclic) bond motifs is 1. The molecule has 3 nitrogen and oxygen atoms in total. The number of hydrogen-bond acceptors (Lipinski definition) is 3. The molecule has 0 aliphatic carbocycles. The molecule has 0 aromatic heterocycles. The van der Waals surface area contributed by atoms with E-state index in [2.05, 4.69) is 6.58 Å². The third-order valence-corrected chi connectivity index (χ3v) is 4.74. The van der Waals surface area contributed by atoms with Crippen LogP contribution in [0.15, 0.2) is 79.1 Å². The molecular weight excluding hydrogens is 348 g/mol. The van der Waals surface area contributed by atoms with Crippen LogP contribution in [0.5, 0.6) is 11.5 Å². The minimum atomic E-state index is -0.107. The Morgan fingerprint density at radius 2 is 1.82 bits per heavy atom. The summed E-state index contributed by atoms with van der Waals surface area (Å²) in [6.45, 7) is 6.20. The number of ether oxygens (including phenoxy) is 2. The second-order valence-corrected chi connectivity index (χ2v) is 6.69. The number of Topliss-reactive ketones (excluding diaryl/α,β-unsaturated/α-hetero) is 1. The summed E-state index contributed by atoms with van der Waals surface area (Å²) in [5, 5.41) is 0. The first kappa shape index (κ1) is 17.8. The van der Waals surface area contributed by atoms with Gasteiger partial charge in [-0.05, 0) is 47.4 Å². The van der Waals surface area contributed by atoms with E-state index in [1.165, 1.54) is 0 Å². The summed E-state index contributed by atoms with van der Waals surface area (Å²) < 4.78 is 11.7. The minimum Gasteiger partial charge on any atom is -0.489 e. The molecule has 0 saturated heterocycles. The quantitative estimate of drug-likeness (QED) is 0.531. The number of benzene rings is 3. The van der Waals surface area contributed by atoms with E-state index in [4.69, 9.17) is 9.47 Å². The van der Waals surface area contributed by atoms with Gasteiger partial charge in [0.25, 0.3) is 0 Å². The van der Waals surface area contributed by atoms with Gasteiger partial charge < -0.3 is 9.47 Å². The van der Waals surface area contributed by atoms with E-state index < -0.39 is 0 Å². The molecule has 138 valence electrons. The highest BCUT2D eigenvalue weighted by Crippen LogP contribution is 2.35. The SMILES string of the molecule is C=Cc1ccc(COc2ccc3c(c2)OC(=Cc2ccccc2C)C3=O)cc1. The van der Waals surface area contributed by atoms with Crippen LogP contribution in [0.1, 0.15) is 32.6 Å². The Labute approximate surface area is 164 Å². The van der Waals surface area contributed by atoms with E-state index in [9.17, 15) is 4.79 Å². The smallest absolute Gasteiger partial charge is 0.231 e. The van der Waals surface area contributed by atoms with Crippen molar-refractivity contribution in [1.29, 1.82) is 0 Å². The molecule has 28 heavy (non-hydrogen) atoms. The monoisotopic (exact) mass is 368 g/mol. The van der Waals surface area contributed by atoms with E-state index in [-0.39, 0.29) is 5.78 Å². The van der Waals surface area contributed by atoms with E-state index in [0.29, 0.717) is 29.4 Å². The molecule has 0 fully saturated rings. The Hall–Kier alpha value is -3.59. The topological polar surface area (TPSA) is 35.5 Å². The van der Waals surface area contributed by atoms with Crippen LogP contribution in [0.4, 0.5) is 0 Å². The first-order valence-electron chi connectivity index (χ1n) is 9.12. The fourth-order valence-electron chi connectivity index (χ4n) is 3.06. The Kier molecular flexibility index (Phi) is 4.81. The maximum Gasteiger partial charge on any atom is 0.231 e. The van der Waals surface area contributed by atoms with Gasteiger partial charge in [0.2, 0.25) is 5.78 Å². The molecular formula is C25H20O3. The van der Waals surface area contributed by atoms with Crippen LogP contribution in [-0.2, 0) is 6.61 Å². The fraction of sp³-hybridized carbons (Fsp3) is 0.0800. The molecule has 1 heterocycles. The maximum atomic E-state index is 12.6. The first-order valence-corrected chi connectivity index (χ1v) is 9.12. The number of ketones is 1. The Morgan fingerprint density at radius 3 is 2.57 bits per heavy atom. The summed E-state index contributed by atoms with van der Waals surface area (Å²) in [5.41, 5.74) is 4.75. The third kappa shape index (κ3) is 3.60. The van der Waals surface area contributed by atoms with Gasteiger partial charge in [-0.3, -0.25) is 4.79 Å². The van der Waals surface area contributed by atoms with Crippen LogP contribution in [0, 0.1) is 6.92 Å². The molecule has 0 radical (unpaired) electrons. The average molecular weight is 368 g/mol. The molecule has 3 aromatic carbocycles. The molecule has 0 atom stereocenters. The summed E-state index contributed by atoms with van der Waals surface area (Å²) in [6, 6.07) is 21.2. The largest absolute Gasteiger partial charge is 0.489 e. The van der Waals surface area contributed by atoms with Crippen LogP contribution in [0.3, 0.4) is 0 Å². The van der Waals surface area contributed by atoms with Crippen molar-refractivity contribution in [2.45, 2.75) is 13.5 Å². The van der Waals surface area contributed by atoms with Crippen molar-refractivity contribution in [2.24, 2.45) is 0 Å². The van der Waals surface area contributed by atoms with E-state index >= 15 is 0 Å². The summed E-state index contributed by atoms with van der Waals surface area (Å²) in [7, 11) is 0.